The summed E-state index contributed by atoms with van der Waals surface area (Å²) in [7, 11) is 0. The molecule has 1 heterocycles. The summed E-state index contributed by atoms with van der Waals surface area (Å²) in [6.45, 7) is 11.9. The van der Waals surface area contributed by atoms with Crippen molar-refractivity contribution in [3.05, 3.63) is 23.8 Å². The zero-order chi connectivity index (χ0) is 29.3. The molecule has 40 heavy (non-hydrogen) atoms. The third-order valence-electron chi connectivity index (χ3n) is 7.74. The van der Waals surface area contributed by atoms with Crippen LogP contribution in [0, 0.1) is 5.92 Å². The first kappa shape index (κ1) is 31.6. The maximum atomic E-state index is 12.8. The molecule has 1 aliphatic heterocycles. The summed E-state index contributed by atoms with van der Waals surface area (Å²) >= 11 is 0. The van der Waals surface area contributed by atoms with Gasteiger partial charge in [0.2, 0.25) is 0 Å². The van der Waals surface area contributed by atoms with E-state index in [2.05, 4.69) is 22.5 Å². The Labute approximate surface area is 240 Å². The van der Waals surface area contributed by atoms with Gasteiger partial charge in [0.15, 0.2) is 6.10 Å². The molecule has 2 unspecified atom stereocenters. The quantitative estimate of drug-likeness (QED) is 0.257. The van der Waals surface area contributed by atoms with Crippen molar-refractivity contribution in [1.29, 1.82) is 0 Å². The zero-order valence-electron chi connectivity index (χ0n) is 25.3. The summed E-state index contributed by atoms with van der Waals surface area (Å²) in [5.41, 5.74) is 6.06. The van der Waals surface area contributed by atoms with Gasteiger partial charge in [-0.2, -0.15) is 0 Å². The molecule has 2 atom stereocenters. The Morgan fingerprint density at radius 3 is 2.50 bits per heavy atom. The van der Waals surface area contributed by atoms with Gasteiger partial charge in [-0.25, -0.2) is 14.6 Å². The summed E-state index contributed by atoms with van der Waals surface area (Å²) in [6, 6.07) is 5.35. The van der Waals surface area contributed by atoms with Gasteiger partial charge in [0.05, 0.1) is 0 Å². The number of nitrogens with two attached hydrogens (primary N) is 1. The van der Waals surface area contributed by atoms with Gasteiger partial charge in [0.1, 0.15) is 28.5 Å². The highest BCUT2D eigenvalue weighted by atomic mass is 16.6. The highest BCUT2D eigenvalue weighted by Crippen LogP contribution is 2.33. The number of hydrogen-bond donors (Lipinski definition) is 3. The molecule has 0 saturated heterocycles. The van der Waals surface area contributed by atoms with Gasteiger partial charge in [0, 0.05) is 19.0 Å². The molecule has 0 radical (unpaired) electrons. The number of carbonyl (C=O) groups is 2. The van der Waals surface area contributed by atoms with Crippen molar-refractivity contribution in [2.45, 2.75) is 136 Å². The van der Waals surface area contributed by atoms with Crippen molar-refractivity contribution in [3.63, 3.8) is 0 Å². The second kappa shape index (κ2) is 14.1. The standard InChI is InChI=1S/C31H50N4O5/c1-7-11-24(34-29(37)40-30(3,4)17-16-22-12-9-8-10-13-22)19-31(5,6)39-28(36)33-20-23-14-15-26-25(18-23)35-27(32)21(2)38-26/h14-15,18,21-22,24H,7-13,16-17,19-20H2,1-6H3,(H2,32,35)(H,33,36)(H,34,37). The number of hydrogen-bond acceptors (Lipinski definition) is 7. The van der Waals surface area contributed by atoms with Gasteiger partial charge in [-0.1, -0.05) is 51.5 Å². The first-order valence-electron chi connectivity index (χ1n) is 15.0. The molecule has 0 aromatic heterocycles. The van der Waals surface area contributed by atoms with Gasteiger partial charge in [-0.15, -0.1) is 0 Å². The number of aliphatic imine (C=N–C) groups is 1. The lowest BCUT2D eigenvalue weighted by Gasteiger charge is -2.32. The van der Waals surface area contributed by atoms with Crippen LogP contribution in [0.25, 0.3) is 0 Å². The minimum absolute atomic E-state index is 0.180. The van der Waals surface area contributed by atoms with Gasteiger partial charge >= 0.3 is 12.2 Å². The Morgan fingerprint density at radius 1 is 1.10 bits per heavy atom. The second-order valence-electron chi connectivity index (χ2n) is 12.6. The topological polar surface area (TPSA) is 124 Å². The van der Waals surface area contributed by atoms with E-state index in [1.807, 2.05) is 52.8 Å². The molecule has 9 heteroatoms. The van der Waals surface area contributed by atoms with Crippen molar-refractivity contribution >= 4 is 23.7 Å². The van der Waals surface area contributed by atoms with Crippen molar-refractivity contribution in [3.8, 4) is 5.75 Å². The van der Waals surface area contributed by atoms with Gasteiger partial charge in [0.25, 0.3) is 0 Å². The molecule has 3 rings (SSSR count). The first-order chi connectivity index (χ1) is 18.9. The third-order valence-corrected chi connectivity index (χ3v) is 7.74. The molecule has 1 saturated carbocycles. The highest BCUT2D eigenvalue weighted by Gasteiger charge is 2.30. The van der Waals surface area contributed by atoms with Crippen LogP contribution < -0.4 is 21.1 Å². The molecule has 2 amide bonds. The summed E-state index contributed by atoms with van der Waals surface area (Å²) in [5, 5.41) is 5.83. The number of nitrogens with zero attached hydrogens (tertiary/aromatic N) is 1. The Balaban J connectivity index is 1.46. The molecule has 1 aliphatic carbocycles. The zero-order valence-corrected chi connectivity index (χ0v) is 25.3. The minimum atomic E-state index is -0.799. The summed E-state index contributed by atoms with van der Waals surface area (Å²) in [5.74, 6) is 1.82. The molecule has 1 aromatic carbocycles. The van der Waals surface area contributed by atoms with Crippen LogP contribution in [-0.2, 0) is 16.0 Å². The highest BCUT2D eigenvalue weighted by molar-refractivity contribution is 5.89. The van der Waals surface area contributed by atoms with Crippen molar-refractivity contribution < 1.29 is 23.8 Å². The van der Waals surface area contributed by atoms with Crippen molar-refractivity contribution in [2.24, 2.45) is 16.6 Å². The lowest BCUT2D eigenvalue weighted by Crippen LogP contribution is -2.45. The number of amides is 2. The van der Waals surface area contributed by atoms with E-state index in [1.54, 1.807) is 0 Å². The fourth-order valence-corrected chi connectivity index (χ4v) is 5.54. The molecule has 0 bridgehead atoms. The maximum Gasteiger partial charge on any atom is 0.407 e. The number of alkyl carbamates (subject to hydrolysis) is 2. The van der Waals surface area contributed by atoms with Crippen LogP contribution in [0.4, 0.5) is 15.3 Å². The van der Waals surface area contributed by atoms with E-state index >= 15 is 0 Å². The smallest absolute Gasteiger partial charge is 0.407 e. The summed E-state index contributed by atoms with van der Waals surface area (Å²) in [6.07, 6.45) is 9.38. The fraction of sp³-hybridized carbons (Fsp3) is 0.710. The van der Waals surface area contributed by atoms with Crippen LogP contribution in [0.3, 0.4) is 0 Å². The molecule has 4 N–H and O–H groups in total. The van der Waals surface area contributed by atoms with Crippen LogP contribution in [0.1, 0.15) is 111 Å². The van der Waals surface area contributed by atoms with Crippen molar-refractivity contribution in [2.75, 3.05) is 0 Å². The third kappa shape index (κ3) is 10.2. The molecule has 1 fully saturated rings. The predicted octanol–water partition coefficient (Wildman–Crippen LogP) is 6.89. The van der Waals surface area contributed by atoms with Crippen LogP contribution >= 0.6 is 0 Å². The van der Waals surface area contributed by atoms with E-state index < -0.39 is 23.4 Å². The Kier molecular flexibility index (Phi) is 11.1. The molecule has 1 aromatic rings. The average Bonchev–Trinajstić information content (AvgIpc) is 2.87. The Hall–Kier alpha value is -2.97. The Morgan fingerprint density at radius 2 is 1.80 bits per heavy atom. The monoisotopic (exact) mass is 558 g/mol. The van der Waals surface area contributed by atoms with Crippen LogP contribution in [-0.4, -0.2) is 41.4 Å². The average molecular weight is 559 g/mol. The van der Waals surface area contributed by atoms with Crippen LogP contribution in [0.15, 0.2) is 23.2 Å². The Bertz CT molecular complexity index is 1030. The van der Waals surface area contributed by atoms with Gasteiger partial charge < -0.3 is 30.6 Å². The lowest BCUT2D eigenvalue weighted by molar-refractivity contribution is 0.0131. The molecule has 2 aliphatic rings. The van der Waals surface area contributed by atoms with Crippen LogP contribution in [0.2, 0.25) is 0 Å². The van der Waals surface area contributed by atoms with Gasteiger partial charge in [-0.3, -0.25) is 0 Å². The van der Waals surface area contributed by atoms with E-state index in [0.29, 0.717) is 23.7 Å². The summed E-state index contributed by atoms with van der Waals surface area (Å²) in [4.78, 5) is 29.9. The van der Waals surface area contributed by atoms with E-state index in [4.69, 9.17) is 19.9 Å². The number of ether oxygens (including phenoxy) is 3. The van der Waals surface area contributed by atoms with E-state index in [9.17, 15) is 9.59 Å². The van der Waals surface area contributed by atoms with Crippen LogP contribution in [0.5, 0.6) is 5.75 Å². The van der Waals surface area contributed by atoms with E-state index in [0.717, 1.165) is 37.2 Å². The predicted molar refractivity (Wildman–Crippen MR) is 158 cm³/mol. The number of fused-ring (bicyclic) bond motifs is 1. The van der Waals surface area contributed by atoms with E-state index in [1.165, 1.54) is 32.1 Å². The van der Waals surface area contributed by atoms with Gasteiger partial charge in [-0.05, 0) is 77.5 Å². The molecular weight excluding hydrogens is 508 g/mol. The first-order valence-corrected chi connectivity index (χ1v) is 15.0. The maximum absolute atomic E-state index is 12.8. The number of amidine groups is 1. The summed E-state index contributed by atoms with van der Waals surface area (Å²) < 4.78 is 17.3. The molecule has 224 valence electrons. The van der Waals surface area contributed by atoms with E-state index in [-0.39, 0.29) is 18.7 Å². The fourth-order valence-electron chi connectivity index (χ4n) is 5.54. The lowest BCUT2D eigenvalue weighted by atomic mass is 9.84. The normalized spacial score (nSPS) is 18.6. The number of nitrogens with one attached hydrogen (secondary N) is 2. The molecule has 0 spiro atoms. The minimum Gasteiger partial charge on any atom is -0.481 e. The number of carbonyl (C=O) groups excluding carboxylic acids is 2. The second-order valence-corrected chi connectivity index (χ2v) is 12.6. The molecule has 9 nitrogen and oxygen atoms in total. The SMILES string of the molecule is CCCC(CC(C)(C)OC(=O)NCc1ccc2c(c1)N=C(N)C(C)O2)NC(=O)OC(C)(C)CCC1CCCCC1. The number of benzene rings is 1. The molecular formula is C31H50N4O5. The number of rotatable bonds is 12. The van der Waals surface area contributed by atoms with Crippen molar-refractivity contribution in [1.82, 2.24) is 10.6 Å². The largest absolute Gasteiger partial charge is 0.481 e.